The van der Waals surface area contributed by atoms with E-state index < -0.39 is 15.9 Å². The molecule has 0 spiro atoms. The SMILES string of the molecule is CS(=O)(=O)c1cccc(OC[C@H](O)COCc2ccccc2)c1. The lowest BCUT2D eigenvalue weighted by Crippen LogP contribution is -2.23. The van der Waals surface area contributed by atoms with E-state index in [1.54, 1.807) is 12.1 Å². The van der Waals surface area contributed by atoms with Gasteiger partial charge in [-0.1, -0.05) is 36.4 Å². The van der Waals surface area contributed by atoms with Crippen molar-refractivity contribution in [3.63, 3.8) is 0 Å². The van der Waals surface area contributed by atoms with E-state index in [9.17, 15) is 13.5 Å². The zero-order chi connectivity index (χ0) is 16.7. The fourth-order valence-electron chi connectivity index (χ4n) is 1.92. The highest BCUT2D eigenvalue weighted by Crippen LogP contribution is 2.17. The second kappa shape index (κ2) is 8.10. The molecule has 0 aromatic heterocycles. The van der Waals surface area contributed by atoms with Crippen molar-refractivity contribution in [3.05, 3.63) is 60.2 Å². The van der Waals surface area contributed by atoms with Gasteiger partial charge in [0.2, 0.25) is 0 Å². The number of sulfone groups is 1. The van der Waals surface area contributed by atoms with Crippen molar-refractivity contribution >= 4 is 9.84 Å². The Labute approximate surface area is 136 Å². The Kier molecular flexibility index (Phi) is 6.15. The number of aliphatic hydroxyl groups is 1. The van der Waals surface area contributed by atoms with E-state index in [-0.39, 0.29) is 18.1 Å². The first-order valence-corrected chi connectivity index (χ1v) is 9.07. The van der Waals surface area contributed by atoms with Crippen molar-refractivity contribution in [1.82, 2.24) is 0 Å². The Morgan fingerprint density at radius 3 is 2.48 bits per heavy atom. The maximum absolute atomic E-state index is 11.5. The molecule has 0 fully saturated rings. The third kappa shape index (κ3) is 6.02. The van der Waals surface area contributed by atoms with Crippen LogP contribution in [-0.2, 0) is 21.2 Å². The summed E-state index contributed by atoms with van der Waals surface area (Å²) in [4.78, 5) is 0.185. The first-order chi connectivity index (χ1) is 10.9. The zero-order valence-corrected chi connectivity index (χ0v) is 13.7. The lowest BCUT2D eigenvalue weighted by molar-refractivity contribution is 0.00545. The minimum Gasteiger partial charge on any atom is -0.491 e. The van der Waals surface area contributed by atoms with E-state index in [4.69, 9.17) is 9.47 Å². The lowest BCUT2D eigenvalue weighted by Gasteiger charge is -2.13. The normalized spacial score (nSPS) is 12.8. The Morgan fingerprint density at radius 2 is 1.78 bits per heavy atom. The summed E-state index contributed by atoms with van der Waals surface area (Å²) in [5, 5.41) is 9.85. The van der Waals surface area contributed by atoms with Crippen LogP contribution in [0.15, 0.2) is 59.5 Å². The molecule has 0 bridgehead atoms. The summed E-state index contributed by atoms with van der Waals surface area (Å²) in [6, 6.07) is 15.8. The van der Waals surface area contributed by atoms with Gasteiger partial charge in [0.1, 0.15) is 18.5 Å². The van der Waals surface area contributed by atoms with Crippen LogP contribution in [0.2, 0.25) is 0 Å². The van der Waals surface area contributed by atoms with Gasteiger partial charge in [0.05, 0.1) is 18.1 Å². The van der Waals surface area contributed by atoms with Gasteiger partial charge in [-0.15, -0.1) is 0 Å². The summed E-state index contributed by atoms with van der Waals surface area (Å²) in [5.41, 5.74) is 1.03. The molecule has 1 N–H and O–H groups in total. The molecule has 6 heteroatoms. The van der Waals surface area contributed by atoms with Gasteiger partial charge in [-0.2, -0.15) is 0 Å². The van der Waals surface area contributed by atoms with Crippen molar-refractivity contribution in [2.24, 2.45) is 0 Å². The fraction of sp³-hybridized carbons (Fsp3) is 0.294. The highest BCUT2D eigenvalue weighted by atomic mass is 32.2. The summed E-state index contributed by atoms with van der Waals surface area (Å²) < 4.78 is 33.8. The molecule has 0 aliphatic rings. The molecular weight excluding hydrogens is 316 g/mol. The summed E-state index contributed by atoms with van der Waals surface area (Å²) in [6.45, 7) is 0.587. The molecule has 1 atom stereocenters. The second-order valence-corrected chi connectivity index (χ2v) is 7.23. The van der Waals surface area contributed by atoms with E-state index in [2.05, 4.69) is 0 Å². The lowest BCUT2D eigenvalue weighted by atomic mass is 10.2. The predicted octanol–water partition coefficient (Wildman–Crippen LogP) is 2.05. The minimum absolute atomic E-state index is 0.0298. The number of hydrogen-bond donors (Lipinski definition) is 1. The van der Waals surface area contributed by atoms with E-state index in [0.717, 1.165) is 11.8 Å². The average Bonchev–Trinajstić information content (AvgIpc) is 2.53. The van der Waals surface area contributed by atoms with Crippen LogP contribution in [0, 0.1) is 0 Å². The zero-order valence-electron chi connectivity index (χ0n) is 12.9. The average molecular weight is 336 g/mol. The van der Waals surface area contributed by atoms with Crippen molar-refractivity contribution in [2.75, 3.05) is 19.5 Å². The number of rotatable bonds is 8. The Morgan fingerprint density at radius 1 is 1.04 bits per heavy atom. The van der Waals surface area contributed by atoms with Gasteiger partial charge in [-0.05, 0) is 23.8 Å². The van der Waals surface area contributed by atoms with E-state index in [1.807, 2.05) is 30.3 Å². The quantitative estimate of drug-likeness (QED) is 0.799. The van der Waals surface area contributed by atoms with E-state index in [1.165, 1.54) is 12.1 Å². The molecule has 2 rings (SSSR count). The molecule has 23 heavy (non-hydrogen) atoms. The van der Waals surface area contributed by atoms with Gasteiger partial charge in [-0.3, -0.25) is 0 Å². The van der Waals surface area contributed by atoms with Gasteiger partial charge in [0.25, 0.3) is 0 Å². The summed E-state index contributed by atoms with van der Waals surface area (Å²) in [7, 11) is -3.28. The van der Waals surface area contributed by atoms with Crippen molar-refractivity contribution in [1.29, 1.82) is 0 Å². The molecule has 0 radical (unpaired) electrons. The molecule has 2 aromatic carbocycles. The third-order valence-corrected chi connectivity index (χ3v) is 4.21. The predicted molar refractivity (Wildman–Crippen MR) is 87.2 cm³/mol. The molecule has 0 heterocycles. The first kappa shape index (κ1) is 17.5. The number of benzene rings is 2. The van der Waals surface area contributed by atoms with Crippen LogP contribution in [0.25, 0.3) is 0 Å². The standard InChI is InChI=1S/C17H20O5S/c1-23(19,20)17-9-5-8-16(10-17)22-13-15(18)12-21-11-14-6-3-2-4-7-14/h2-10,15,18H,11-13H2,1H3/t15-/m1/s1. The Balaban J connectivity index is 1.77. The monoisotopic (exact) mass is 336 g/mol. The van der Waals surface area contributed by atoms with Gasteiger partial charge in [0, 0.05) is 6.26 Å². The maximum Gasteiger partial charge on any atom is 0.175 e. The number of ether oxygens (including phenoxy) is 2. The largest absolute Gasteiger partial charge is 0.491 e. The van der Waals surface area contributed by atoms with Gasteiger partial charge >= 0.3 is 0 Å². The molecule has 0 aliphatic heterocycles. The first-order valence-electron chi connectivity index (χ1n) is 7.18. The van der Waals surface area contributed by atoms with Crippen LogP contribution in [-0.4, -0.2) is 39.1 Å². The van der Waals surface area contributed by atoms with Crippen LogP contribution in [0.3, 0.4) is 0 Å². The summed E-state index contributed by atoms with van der Waals surface area (Å²) in [6.07, 6.45) is 0.346. The highest BCUT2D eigenvalue weighted by molar-refractivity contribution is 7.90. The molecule has 124 valence electrons. The Bertz CT molecular complexity index is 713. The van der Waals surface area contributed by atoms with Crippen LogP contribution in [0.1, 0.15) is 5.56 Å². The topological polar surface area (TPSA) is 72.8 Å². The van der Waals surface area contributed by atoms with Gasteiger partial charge in [-0.25, -0.2) is 8.42 Å². The van der Waals surface area contributed by atoms with Crippen LogP contribution in [0.4, 0.5) is 0 Å². The van der Waals surface area contributed by atoms with Crippen LogP contribution >= 0.6 is 0 Å². The second-order valence-electron chi connectivity index (χ2n) is 5.21. The maximum atomic E-state index is 11.5. The molecule has 0 unspecified atom stereocenters. The highest BCUT2D eigenvalue weighted by Gasteiger charge is 2.10. The Hall–Kier alpha value is -1.89. The van der Waals surface area contributed by atoms with Crippen LogP contribution < -0.4 is 4.74 Å². The number of aliphatic hydroxyl groups excluding tert-OH is 1. The minimum atomic E-state index is -3.28. The van der Waals surface area contributed by atoms with Gasteiger partial charge < -0.3 is 14.6 Å². The summed E-state index contributed by atoms with van der Waals surface area (Å²) >= 11 is 0. The smallest absolute Gasteiger partial charge is 0.175 e. The molecule has 5 nitrogen and oxygen atoms in total. The van der Waals surface area contributed by atoms with Crippen molar-refractivity contribution in [2.45, 2.75) is 17.6 Å². The van der Waals surface area contributed by atoms with Gasteiger partial charge in [0.15, 0.2) is 9.84 Å². The number of hydrogen-bond acceptors (Lipinski definition) is 5. The summed E-state index contributed by atoms with van der Waals surface area (Å²) in [5.74, 6) is 0.398. The van der Waals surface area contributed by atoms with Crippen LogP contribution in [0.5, 0.6) is 5.75 Å². The van der Waals surface area contributed by atoms with E-state index in [0.29, 0.717) is 12.4 Å². The van der Waals surface area contributed by atoms with Crippen molar-refractivity contribution in [3.8, 4) is 5.75 Å². The molecular formula is C17H20O5S. The molecule has 0 aliphatic carbocycles. The molecule has 0 saturated heterocycles. The van der Waals surface area contributed by atoms with Crippen molar-refractivity contribution < 1.29 is 23.0 Å². The molecule has 2 aromatic rings. The van der Waals surface area contributed by atoms with E-state index >= 15 is 0 Å². The molecule has 0 saturated carbocycles. The molecule has 0 amide bonds. The third-order valence-electron chi connectivity index (χ3n) is 3.10. The fourth-order valence-corrected chi connectivity index (χ4v) is 2.58.